The van der Waals surface area contributed by atoms with Crippen LogP contribution in [0.3, 0.4) is 0 Å². The van der Waals surface area contributed by atoms with Gasteiger partial charge in [-0.3, -0.25) is 4.79 Å². The van der Waals surface area contributed by atoms with Crippen molar-refractivity contribution in [3.8, 4) is 11.5 Å². The number of urea groups is 1. The summed E-state index contributed by atoms with van der Waals surface area (Å²) in [5.41, 5.74) is 1.59. The Morgan fingerprint density at radius 3 is 2.71 bits per heavy atom. The van der Waals surface area contributed by atoms with E-state index in [1.165, 1.54) is 0 Å². The average molecular weight is 443 g/mol. The van der Waals surface area contributed by atoms with E-state index in [2.05, 4.69) is 22.5 Å². The van der Waals surface area contributed by atoms with Crippen molar-refractivity contribution in [2.24, 2.45) is 0 Å². The fourth-order valence-electron chi connectivity index (χ4n) is 4.62. The molecule has 3 amide bonds. The summed E-state index contributed by atoms with van der Waals surface area (Å²) in [6.45, 7) is 4.00. The van der Waals surface area contributed by atoms with Crippen molar-refractivity contribution in [3.05, 3.63) is 47.0 Å². The zero-order valence-electron chi connectivity index (χ0n) is 17.1. The van der Waals surface area contributed by atoms with Gasteiger partial charge in [-0.15, -0.1) is 0 Å². The van der Waals surface area contributed by atoms with Crippen LogP contribution in [0.25, 0.3) is 0 Å². The van der Waals surface area contributed by atoms with Gasteiger partial charge >= 0.3 is 6.03 Å². The predicted octanol–water partition coefficient (Wildman–Crippen LogP) is 3.66. The number of halogens is 1. The Morgan fingerprint density at radius 1 is 1.16 bits per heavy atom. The highest BCUT2D eigenvalue weighted by Crippen LogP contribution is 2.39. The number of likely N-dealkylation sites (tertiary alicyclic amines) is 1. The van der Waals surface area contributed by atoms with Crippen LogP contribution in [-0.2, 0) is 0 Å². The average Bonchev–Trinajstić information content (AvgIpc) is 3.22. The highest BCUT2D eigenvalue weighted by Gasteiger charge is 2.45. The standard InChI is InChI=1S/C22H23ClN4O4/c1-2-27-17-11-14(23)3-5-16(17)20(28)25-22(27)7-9-26(10-8-22)21(29)24-15-4-6-18-19(12-15)31-13-30-18/h3-6,11-12H,2,7-10,13H2,1H3,(H,24,29)(H,25,28). The molecule has 162 valence electrons. The number of rotatable bonds is 2. The number of piperidine rings is 1. The molecule has 1 spiro atoms. The van der Waals surface area contributed by atoms with E-state index in [0.29, 0.717) is 53.7 Å². The Bertz CT molecular complexity index is 1050. The highest BCUT2D eigenvalue weighted by molar-refractivity contribution is 6.31. The number of nitrogens with one attached hydrogen (secondary N) is 2. The third-order valence-corrected chi connectivity index (χ3v) is 6.41. The maximum absolute atomic E-state index is 12.8. The van der Waals surface area contributed by atoms with E-state index in [1.54, 1.807) is 35.2 Å². The van der Waals surface area contributed by atoms with E-state index in [1.807, 2.05) is 6.07 Å². The van der Waals surface area contributed by atoms with Crippen LogP contribution in [0, 0.1) is 0 Å². The summed E-state index contributed by atoms with van der Waals surface area (Å²) in [6.07, 6.45) is 1.24. The number of carbonyl (C=O) groups excluding carboxylic acids is 2. The van der Waals surface area contributed by atoms with Crippen molar-refractivity contribution in [2.45, 2.75) is 25.4 Å². The lowest BCUT2D eigenvalue weighted by atomic mass is 9.90. The fraction of sp³-hybridized carbons (Fsp3) is 0.364. The summed E-state index contributed by atoms with van der Waals surface area (Å²) in [5, 5.41) is 6.72. The topological polar surface area (TPSA) is 83.1 Å². The number of nitrogens with zero attached hydrogens (tertiary/aromatic N) is 2. The van der Waals surface area contributed by atoms with Gasteiger partial charge in [-0.1, -0.05) is 11.6 Å². The van der Waals surface area contributed by atoms with Crippen LogP contribution in [0.1, 0.15) is 30.1 Å². The summed E-state index contributed by atoms with van der Waals surface area (Å²) < 4.78 is 10.7. The molecule has 2 N–H and O–H groups in total. The van der Waals surface area contributed by atoms with E-state index in [-0.39, 0.29) is 18.7 Å². The van der Waals surface area contributed by atoms with Crippen LogP contribution in [0.4, 0.5) is 16.2 Å². The lowest BCUT2D eigenvalue weighted by Gasteiger charge is -2.52. The molecule has 2 aromatic rings. The van der Waals surface area contributed by atoms with E-state index >= 15 is 0 Å². The third kappa shape index (κ3) is 3.40. The van der Waals surface area contributed by atoms with Crippen molar-refractivity contribution < 1.29 is 19.1 Å². The van der Waals surface area contributed by atoms with Gasteiger partial charge in [0.1, 0.15) is 5.66 Å². The van der Waals surface area contributed by atoms with Gasteiger partial charge in [-0.2, -0.15) is 0 Å². The lowest BCUT2D eigenvalue weighted by molar-refractivity contribution is 0.0808. The Hall–Kier alpha value is -3.13. The molecular weight excluding hydrogens is 420 g/mol. The summed E-state index contributed by atoms with van der Waals surface area (Å²) in [7, 11) is 0. The lowest BCUT2D eigenvalue weighted by Crippen LogP contribution is -2.68. The van der Waals surface area contributed by atoms with E-state index in [9.17, 15) is 9.59 Å². The Labute approximate surface area is 185 Å². The van der Waals surface area contributed by atoms with Crippen molar-refractivity contribution in [1.29, 1.82) is 0 Å². The molecule has 3 aliphatic heterocycles. The molecule has 31 heavy (non-hydrogen) atoms. The van der Waals surface area contributed by atoms with Crippen molar-refractivity contribution >= 4 is 34.9 Å². The molecule has 0 atom stereocenters. The summed E-state index contributed by atoms with van der Waals surface area (Å²) in [6, 6.07) is 10.5. The SMILES string of the molecule is CCN1c2cc(Cl)ccc2C(=O)NC12CCN(C(=O)Nc1ccc3c(c1)OCO3)CC2. The molecule has 0 bridgehead atoms. The van der Waals surface area contributed by atoms with Crippen LogP contribution in [0.15, 0.2) is 36.4 Å². The number of carbonyl (C=O) groups is 2. The van der Waals surface area contributed by atoms with E-state index in [0.717, 1.165) is 12.2 Å². The predicted molar refractivity (Wildman–Crippen MR) is 117 cm³/mol. The van der Waals surface area contributed by atoms with Gasteiger partial charge in [-0.25, -0.2) is 4.79 Å². The summed E-state index contributed by atoms with van der Waals surface area (Å²) in [4.78, 5) is 29.6. The van der Waals surface area contributed by atoms with Crippen LogP contribution < -0.4 is 25.0 Å². The minimum Gasteiger partial charge on any atom is -0.454 e. The molecule has 2 aromatic carbocycles. The van der Waals surface area contributed by atoms with Gasteiger partial charge in [-0.05, 0) is 37.3 Å². The molecule has 8 nitrogen and oxygen atoms in total. The van der Waals surface area contributed by atoms with Gasteiger partial charge in [0.25, 0.3) is 5.91 Å². The zero-order valence-corrected chi connectivity index (χ0v) is 17.9. The first-order chi connectivity index (χ1) is 15.0. The molecule has 5 rings (SSSR count). The Kier molecular flexibility index (Phi) is 4.81. The molecule has 0 aliphatic carbocycles. The second-order valence-corrected chi connectivity index (χ2v) is 8.31. The largest absolute Gasteiger partial charge is 0.454 e. The van der Waals surface area contributed by atoms with Crippen molar-refractivity contribution in [1.82, 2.24) is 10.2 Å². The zero-order chi connectivity index (χ0) is 21.6. The molecule has 1 saturated heterocycles. The number of ether oxygens (including phenoxy) is 2. The third-order valence-electron chi connectivity index (χ3n) is 6.18. The smallest absolute Gasteiger partial charge is 0.321 e. The number of hydrogen-bond acceptors (Lipinski definition) is 5. The first kappa shape index (κ1) is 19.8. The molecule has 0 aromatic heterocycles. The molecule has 3 heterocycles. The molecule has 0 unspecified atom stereocenters. The molecule has 3 aliphatic rings. The first-order valence-corrected chi connectivity index (χ1v) is 10.7. The second kappa shape index (κ2) is 7.53. The van der Waals surface area contributed by atoms with Gasteiger partial charge in [0.05, 0.1) is 11.3 Å². The fourth-order valence-corrected chi connectivity index (χ4v) is 4.79. The molecule has 1 fully saturated rings. The number of anilines is 2. The normalized spacial score (nSPS) is 18.6. The maximum atomic E-state index is 12.8. The van der Waals surface area contributed by atoms with Crippen LogP contribution in [0.5, 0.6) is 11.5 Å². The number of benzene rings is 2. The second-order valence-electron chi connectivity index (χ2n) is 7.88. The van der Waals surface area contributed by atoms with Gasteiger partial charge in [0.2, 0.25) is 6.79 Å². The first-order valence-electron chi connectivity index (χ1n) is 10.3. The minimum absolute atomic E-state index is 0.102. The number of amides is 3. The number of fused-ring (bicyclic) bond motifs is 2. The highest BCUT2D eigenvalue weighted by atomic mass is 35.5. The van der Waals surface area contributed by atoms with Crippen LogP contribution >= 0.6 is 11.6 Å². The Morgan fingerprint density at radius 2 is 1.94 bits per heavy atom. The number of hydrogen-bond donors (Lipinski definition) is 2. The van der Waals surface area contributed by atoms with E-state index in [4.69, 9.17) is 21.1 Å². The molecular formula is C22H23ClN4O4. The molecule has 0 radical (unpaired) electrons. The van der Waals surface area contributed by atoms with Gasteiger partial charge in [0, 0.05) is 49.3 Å². The monoisotopic (exact) mass is 442 g/mol. The van der Waals surface area contributed by atoms with Crippen molar-refractivity contribution in [2.75, 3.05) is 36.6 Å². The van der Waals surface area contributed by atoms with Crippen LogP contribution in [0.2, 0.25) is 5.02 Å². The van der Waals surface area contributed by atoms with Crippen LogP contribution in [-0.4, -0.2) is 48.9 Å². The molecule has 0 saturated carbocycles. The quantitative estimate of drug-likeness (QED) is 0.741. The Balaban J connectivity index is 1.30. The summed E-state index contributed by atoms with van der Waals surface area (Å²) in [5.74, 6) is 1.19. The summed E-state index contributed by atoms with van der Waals surface area (Å²) >= 11 is 6.21. The van der Waals surface area contributed by atoms with Gasteiger partial charge in [0.15, 0.2) is 11.5 Å². The molecule has 9 heteroatoms. The van der Waals surface area contributed by atoms with Gasteiger partial charge < -0.3 is 29.9 Å². The maximum Gasteiger partial charge on any atom is 0.321 e. The van der Waals surface area contributed by atoms with Crippen molar-refractivity contribution in [3.63, 3.8) is 0 Å². The minimum atomic E-state index is -0.529. The van der Waals surface area contributed by atoms with E-state index < -0.39 is 5.66 Å².